The highest BCUT2D eigenvalue weighted by Gasteiger charge is 2.22. The second-order valence-corrected chi connectivity index (χ2v) is 9.39. The first-order valence-corrected chi connectivity index (χ1v) is 12.0. The summed E-state index contributed by atoms with van der Waals surface area (Å²) in [5.74, 6) is 3.56. The van der Waals surface area contributed by atoms with Crippen LogP contribution in [0.1, 0.15) is 90.0 Å². The molecule has 0 atom stereocenters. The van der Waals surface area contributed by atoms with Crippen LogP contribution >= 0.6 is 0 Å². The summed E-state index contributed by atoms with van der Waals surface area (Å²) >= 11 is 0. The van der Waals surface area contributed by atoms with Gasteiger partial charge in [0.25, 0.3) is 0 Å². The number of ether oxygens (including phenoxy) is 1. The van der Waals surface area contributed by atoms with Crippen molar-refractivity contribution in [3.8, 4) is 16.9 Å². The summed E-state index contributed by atoms with van der Waals surface area (Å²) in [5.41, 5.74) is 4.11. The molecule has 1 heteroatoms. The number of benzene rings is 2. The Labute approximate surface area is 178 Å². The van der Waals surface area contributed by atoms with Crippen LogP contribution < -0.4 is 4.74 Å². The molecule has 0 aromatic heterocycles. The molecule has 1 aliphatic carbocycles. The van der Waals surface area contributed by atoms with Crippen molar-refractivity contribution in [1.82, 2.24) is 0 Å². The van der Waals surface area contributed by atoms with Crippen molar-refractivity contribution in [2.75, 3.05) is 6.61 Å². The summed E-state index contributed by atoms with van der Waals surface area (Å²) in [6.45, 7) is 7.74. The molecule has 29 heavy (non-hydrogen) atoms. The molecule has 0 radical (unpaired) electrons. The van der Waals surface area contributed by atoms with Gasteiger partial charge in [-0.05, 0) is 78.7 Å². The van der Waals surface area contributed by atoms with E-state index < -0.39 is 0 Å². The molecule has 0 amide bonds. The first-order chi connectivity index (χ1) is 14.2. The zero-order valence-electron chi connectivity index (χ0n) is 18.8. The van der Waals surface area contributed by atoms with E-state index in [0.29, 0.717) is 0 Å². The molecule has 0 bridgehead atoms. The van der Waals surface area contributed by atoms with Crippen LogP contribution in [0.2, 0.25) is 0 Å². The fourth-order valence-corrected chi connectivity index (χ4v) is 4.59. The van der Waals surface area contributed by atoms with Crippen molar-refractivity contribution in [2.45, 2.75) is 84.5 Å². The maximum atomic E-state index is 5.84. The van der Waals surface area contributed by atoms with E-state index in [4.69, 9.17) is 4.74 Å². The Morgan fingerprint density at radius 2 is 1.45 bits per heavy atom. The molecule has 158 valence electrons. The molecular weight excluding hydrogens is 352 g/mol. The molecule has 1 fully saturated rings. The van der Waals surface area contributed by atoms with E-state index in [1.165, 1.54) is 68.1 Å². The molecule has 1 nitrogen and oxygen atoms in total. The van der Waals surface area contributed by atoms with Gasteiger partial charge in [0.15, 0.2) is 0 Å². The largest absolute Gasteiger partial charge is 0.494 e. The highest BCUT2D eigenvalue weighted by Crippen LogP contribution is 2.38. The van der Waals surface area contributed by atoms with Gasteiger partial charge in [0.1, 0.15) is 5.75 Å². The second kappa shape index (κ2) is 11.4. The Kier molecular flexibility index (Phi) is 8.65. The minimum absolute atomic E-state index is 0.762. The highest BCUT2D eigenvalue weighted by atomic mass is 16.5. The molecule has 0 aliphatic heterocycles. The lowest BCUT2D eigenvalue weighted by Gasteiger charge is -2.29. The maximum absolute atomic E-state index is 5.84. The van der Waals surface area contributed by atoms with Gasteiger partial charge in [0.05, 0.1) is 6.61 Å². The van der Waals surface area contributed by atoms with Gasteiger partial charge in [0.2, 0.25) is 0 Å². The summed E-state index contributed by atoms with van der Waals surface area (Å²) < 4.78 is 5.84. The van der Waals surface area contributed by atoms with Crippen molar-refractivity contribution in [2.24, 2.45) is 11.8 Å². The number of unbranched alkanes of at least 4 members (excludes halogenated alkanes) is 2. The van der Waals surface area contributed by atoms with E-state index in [1.807, 2.05) is 0 Å². The minimum atomic E-state index is 0.762. The molecule has 2 aromatic rings. The number of rotatable bonds is 10. The van der Waals surface area contributed by atoms with Crippen LogP contribution in [0.15, 0.2) is 48.5 Å². The van der Waals surface area contributed by atoms with Crippen LogP contribution in [-0.2, 0) is 0 Å². The molecule has 0 saturated heterocycles. The summed E-state index contributed by atoms with van der Waals surface area (Å²) in [6, 6.07) is 17.9. The zero-order chi connectivity index (χ0) is 20.5. The van der Waals surface area contributed by atoms with E-state index in [9.17, 15) is 0 Å². The summed E-state index contributed by atoms with van der Waals surface area (Å²) in [5, 5.41) is 0. The average Bonchev–Trinajstić information content (AvgIpc) is 2.76. The van der Waals surface area contributed by atoms with Gasteiger partial charge in [-0.25, -0.2) is 0 Å². The summed E-state index contributed by atoms with van der Waals surface area (Å²) in [6.07, 6.45) is 12.0. The second-order valence-electron chi connectivity index (χ2n) is 9.39. The lowest BCUT2D eigenvalue weighted by Crippen LogP contribution is -2.14. The Morgan fingerprint density at radius 1 is 0.828 bits per heavy atom. The standard InChI is InChI=1S/C28H40O/c1-4-5-6-21-29-28-19-17-27(18-20-28)26-15-13-25(14-16-26)24-11-9-23(10-12-24)8-7-22(2)3/h13-20,22-24H,4-12,21H2,1-3H3. The van der Waals surface area contributed by atoms with Gasteiger partial charge in [-0.3, -0.25) is 0 Å². The van der Waals surface area contributed by atoms with Crippen molar-refractivity contribution in [1.29, 1.82) is 0 Å². The van der Waals surface area contributed by atoms with Gasteiger partial charge in [-0.2, -0.15) is 0 Å². The third-order valence-corrected chi connectivity index (χ3v) is 6.59. The lowest BCUT2D eigenvalue weighted by molar-refractivity contribution is 0.293. The first kappa shape index (κ1) is 21.9. The quantitative estimate of drug-likeness (QED) is 0.368. The maximum Gasteiger partial charge on any atom is 0.119 e. The Bertz CT molecular complexity index is 690. The summed E-state index contributed by atoms with van der Waals surface area (Å²) in [4.78, 5) is 0. The van der Waals surface area contributed by atoms with Gasteiger partial charge in [-0.15, -0.1) is 0 Å². The topological polar surface area (TPSA) is 9.23 Å². The predicted octanol–water partition coefficient (Wildman–Crippen LogP) is 8.63. The van der Waals surface area contributed by atoms with Gasteiger partial charge in [0, 0.05) is 0 Å². The SMILES string of the molecule is CCCCCOc1ccc(-c2ccc(C3CCC(CCC(C)C)CC3)cc2)cc1. The fourth-order valence-electron chi connectivity index (χ4n) is 4.59. The van der Waals surface area contributed by atoms with Crippen LogP contribution in [0.4, 0.5) is 0 Å². The lowest BCUT2D eigenvalue weighted by atomic mass is 9.76. The van der Waals surface area contributed by atoms with Crippen LogP contribution in [0, 0.1) is 11.8 Å². The molecule has 0 unspecified atom stereocenters. The molecule has 0 N–H and O–H groups in total. The smallest absolute Gasteiger partial charge is 0.119 e. The van der Waals surface area contributed by atoms with E-state index in [0.717, 1.165) is 36.5 Å². The normalized spacial score (nSPS) is 19.4. The van der Waals surface area contributed by atoms with Crippen molar-refractivity contribution in [3.05, 3.63) is 54.1 Å². The van der Waals surface area contributed by atoms with Crippen molar-refractivity contribution >= 4 is 0 Å². The van der Waals surface area contributed by atoms with E-state index in [-0.39, 0.29) is 0 Å². The van der Waals surface area contributed by atoms with Gasteiger partial charge >= 0.3 is 0 Å². The van der Waals surface area contributed by atoms with Crippen LogP contribution in [0.3, 0.4) is 0 Å². The van der Waals surface area contributed by atoms with Crippen LogP contribution in [-0.4, -0.2) is 6.61 Å². The fraction of sp³-hybridized carbons (Fsp3) is 0.571. The molecule has 3 rings (SSSR count). The van der Waals surface area contributed by atoms with Gasteiger partial charge < -0.3 is 4.74 Å². The molecule has 0 spiro atoms. The van der Waals surface area contributed by atoms with Crippen LogP contribution in [0.5, 0.6) is 5.75 Å². The third kappa shape index (κ3) is 6.91. The molecular formula is C28H40O. The summed E-state index contributed by atoms with van der Waals surface area (Å²) in [7, 11) is 0. The monoisotopic (exact) mass is 392 g/mol. The highest BCUT2D eigenvalue weighted by molar-refractivity contribution is 5.64. The third-order valence-electron chi connectivity index (χ3n) is 6.59. The van der Waals surface area contributed by atoms with Crippen molar-refractivity contribution in [3.63, 3.8) is 0 Å². The number of hydrogen-bond donors (Lipinski definition) is 0. The van der Waals surface area contributed by atoms with Gasteiger partial charge in [-0.1, -0.05) is 82.9 Å². The Hall–Kier alpha value is -1.76. The van der Waals surface area contributed by atoms with E-state index >= 15 is 0 Å². The van der Waals surface area contributed by atoms with Crippen LogP contribution in [0.25, 0.3) is 11.1 Å². The Balaban J connectivity index is 1.50. The van der Waals surface area contributed by atoms with E-state index in [2.05, 4.69) is 69.3 Å². The molecule has 1 saturated carbocycles. The minimum Gasteiger partial charge on any atom is -0.494 e. The molecule has 1 aliphatic rings. The predicted molar refractivity (Wildman–Crippen MR) is 126 cm³/mol. The Morgan fingerprint density at radius 3 is 2.03 bits per heavy atom. The molecule has 2 aromatic carbocycles. The number of hydrogen-bond acceptors (Lipinski definition) is 1. The average molecular weight is 393 g/mol. The van der Waals surface area contributed by atoms with E-state index in [1.54, 1.807) is 0 Å². The first-order valence-electron chi connectivity index (χ1n) is 12.0. The zero-order valence-corrected chi connectivity index (χ0v) is 18.8. The molecule has 0 heterocycles. The van der Waals surface area contributed by atoms with Crippen molar-refractivity contribution < 1.29 is 4.74 Å².